The molecule has 0 bridgehead atoms. The Balaban J connectivity index is 1.94. The Morgan fingerprint density at radius 3 is 2.39 bits per heavy atom. The number of benzene rings is 2. The molecular weight excluding hydrogens is 492 g/mol. The predicted octanol–water partition coefficient (Wildman–Crippen LogP) is 3.56. The second-order valence-corrected chi connectivity index (χ2v) is 8.97. The molecule has 2 aromatic carbocycles. The van der Waals surface area contributed by atoms with Crippen molar-refractivity contribution in [1.82, 2.24) is 15.5 Å². The summed E-state index contributed by atoms with van der Waals surface area (Å²) in [6.07, 6.45) is 3.76. The minimum absolute atomic E-state index is 0.0113. The zero-order valence-corrected chi connectivity index (χ0v) is 21.2. The fourth-order valence-electron chi connectivity index (χ4n) is 4.31. The second-order valence-electron chi connectivity index (χ2n) is 8.97. The molecule has 4 amide bonds. The number of rotatable bonds is 10. The zero-order valence-electron chi connectivity index (χ0n) is 21.2. The number of urea groups is 1. The number of carbonyl (C=O) groups is 3. The SMILES string of the molecule is CN/C=C(\C=N)CCC1(C)CC(=O)N(c2c(F)cc(C#Cc3ccccc3)cc2F)C(=O)N1CCNC=O. The molecule has 1 unspecified atom stereocenters. The summed E-state index contributed by atoms with van der Waals surface area (Å²) in [5, 5.41) is 12.9. The van der Waals surface area contributed by atoms with E-state index in [-0.39, 0.29) is 25.1 Å². The van der Waals surface area contributed by atoms with Crippen molar-refractivity contribution in [2.24, 2.45) is 0 Å². The van der Waals surface area contributed by atoms with Gasteiger partial charge in [-0.1, -0.05) is 30.0 Å². The first-order valence-corrected chi connectivity index (χ1v) is 12.0. The second kappa shape index (κ2) is 12.6. The maximum Gasteiger partial charge on any atom is 0.332 e. The molecular formula is C28H29F2N5O3. The largest absolute Gasteiger partial charge is 0.394 e. The van der Waals surface area contributed by atoms with Gasteiger partial charge in [0, 0.05) is 43.7 Å². The summed E-state index contributed by atoms with van der Waals surface area (Å²) in [4.78, 5) is 39.4. The van der Waals surface area contributed by atoms with Crippen LogP contribution in [0.15, 0.2) is 54.2 Å². The van der Waals surface area contributed by atoms with Crippen LogP contribution in [-0.2, 0) is 9.59 Å². The molecule has 10 heteroatoms. The summed E-state index contributed by atoms with van der Waals surface area (Å²) in [6.45, 7) is 1.80. The lowest BCUT2D eigenvalue weighted by Gasteiger charge is -2.47. The van der Waals surface area contributed by atoms with Crippen LogP contribution in [0.2, 0.25) is 0 Å². The van der Waals surface area contributed by atoms with Crippen molar-refractivity contribution in [2.45, 2.75) is 31.7 Å². The summed E-state index contributed by atoms with van der Waals surface area (Å²) in [7, 11) is 1.69. The molecule has 1 saturated heterocycles. The Morgan fingerprint density at radius 2 is 1.79 bits per heavy atom. The van der Waals surface area contributed by atoms with Crippen LogP contribution in [0.25, 0.3) is 0 Å². The number of hydrogen-bond acceptors (Lipinski definition) is 5. The van der Waals surface area contributed by atoms with Crippen LogP contribution in [0, 0.1) is 28.9 Å². The van der Waals surface area contributed by atoms with Gasteiger partial charge in [0.1, 0.15) is 5.69 Å². The van der Waals surface area contributed by atoms with Gasteiger partial charge in [-0.05, 0) is 49.6 Å². The number of halogens is 2. The number of nitrogens with zero attached hydrogens (tertiary/aromatic N) is 2. The van der Waals surface area contributed by atoms with E-state index in [1.54, 1.807) is 44.4 Å². The molecule has 0 aromatic heterocycles. The van der Waals surface area contributed by atoms with E-state index >= 15 is 8.78 Å². The van der Waals surface area contributed by atoms with Crippen LogP contribution in [0.5, 0.6) is 0 Å². The topological polar surface area (TPSA) is 106 Å². The highest BCUT2D eigenvalue weighted by Gasteiger charge is 2.48. The first kappa shape index (κ1) is 28.1. The minimum Gasteiger partial charge on any atom is -0.394 e. The quantitative estimate of drug-likeness (QED) is 0.192. The standard InChI is InChI=1S/C28H29F2N5O3/c1-28(11-10-22(17-31)18-32-2)16-25(37)35(27(38)34(28)13-12-33-19-36)26-23(29)14-21(15-24(26)30)9-8-20-6-4-3-5-7-20/h3-7,14-15,17-19,31-32H,10-13,16H2,1-2H3,(H,33,36)/b22-18-,31-17?. The van der Waals surface area contributed by atoms with Crippen molar-refractivity contribution < 1.29 is 23.2 Å². The molecule has 8 nitrogen and oxygen atoms in total. The normalized spacial score (nSPS) is 17.5. The van der Waals surface area contributed by atoms with Crippen LogP contribution in [0.4, 0.5) is 19.3 Å². The molecule has 3 rings (SSSR count). The van der Waals surface area contributed by atoms with Gasteiger partial charge in [-0.15, -0.1) is 0 Å². The molecule has 1 heterocycles. The van der Waals surface area contributed by atoms with Gasteiger partial charge in [0.25, 0.3) is 0 Å². The van der Waals surface area contributed by atoms with Crippen molar-refractivity contribution >= 4 is 30.3 Å². The first-order chi connectivity index (χ1) is 18.2. The Kier molecular flexibility index (Phi) is 9.33. The summed E-state index contributed by atoms with van der Waals surface area (Å²) in [6, 6.07) is 9.98. The lowest BCUT2D eigenvalue weighted by atomic mass is 9.85. The predicted molar refractivity (Wildman–Crippen MR) is 141 cm³/mol. The molecule has 3 N–H and O–H groups in total. The fourth-order valence-corrected chi connectivity index (χ4v) is 4.31. The minimum atomic E-state index is -1.10. The third kappa shape index (κ3) is 6.42. The number of allylic oxidation sites excluding steroid dienone is 1. The van der Waals surface area contributed by atoms with Gasteiger partial charge in [0.15, 0.2) is 11.6 Å². The van der Waals surface area contributed by atoms with Crippen LogP contribution in [0.3, 0.4) is 0 Å². The highest BCUT2D eigenvalue weighted by atomic mass is 19.1. The summed E-state index contributed by atoms with van der Waals surface area (Å²) in [5.41, 5.74) is -0.424. The average Bonchev–Trinajstić information content (AvgIpc) is 2.89. The fraction of sp³-hybridized carbons (Fsp3) is 0.286. The molecule has 0 aliphatic carbocycles. The van der Waals surface area contributed by atoms with E-state index in [1.165, 1.54) is 11.1 Å². The van der Waals surface area contributed by atoms with E-state index in [0.29, 0.717) is 35.3 Å². The van der Waals surface area contributed by atoms with Crippen molar-refractivity contribution in [3.63, 3.8) is 0 Å². The van der Waals surface area contributed by atoms with Gasteiger partial charge in [-0.3, -0.25) is 9.59 Å². The molecule has 1 atom stereocenters. The van der Waals surface area contributed by atoms with Gasteiger partial charge in [0.2, 0.25) is 12.3 Å². The first-order valence-electron chi connectivity index (χ1n) is 12.0. The van der Waals surface area contributed by atoms with Gasteiger partial charge in [0.05, 0.1) is 12.0 Å². The maximum atomic E-state index is 15.2. The van der Waals surface area contributed by atoms with E-state index in [0.717, 1.165) is 12.1 Å². The Labute approximate surface area is 220 Å². The molecule has 0 radical (unpaired) electrons. The Hall–Kier alpha value is -4.52. The third-order valence-corrected chi connectivity index (χ3v) is 6.25. The lowest BCUT2D eigenvalue weighted by Crippen LogP contribution is -2.64. The molecule has 198 valence electrons. The van der Waals surface area contributed by atoms with E-state index in [4.69, 9.17) is 5.41 Å². The smallest absolute Gasteiger partial charge is 0.332 e. The highest BCUT2D eigenvalue weighted by molar-refractivity contribution is 6.16. The number of amides is 4. The Morgan fingerprint density at radius 1 is 1.13 bits per heavy atom. The zero-order chi connectivity index (χ0) is 27.7. The molecule has 1 fully saturated rings. The average molecular weight is 522 g/mol. The molecule has 2 aromatic rings. The third-order valence-electron chi connectivity index (χ3n) is 6.25. The number of hydrogen-bond donors (Lipinski definition) is 3. The molecule has 1 aliphatic rings. The van der Waals surface area contributed by atoms with Crippen LogP contribution < -0.4 is 15.5 Å². The number of anilines is 1. The summed E-state index contributed by atoms with van der Waals surface area (Å²) < 4.78 is 30.4. The molecule has 1 aliphatic heterocycles. The lowest BCUT2D eigenvalue weighted by molar-refractivity contribution is -0.122. The summed E-state index contributed by atoms with van der Waals surface area (Å²) >= 11 is 0. The maximum absolute atomic E-state index is 15.2. The van der Waals surface area contributed by atoms with Crippen LogP contribution >= 0.6 is 0 Å². The van der Waals surface area contributed by atoms with Gasteiger partial charge in [-0.25, -0.2) is 18.5 Å². The van der Waals surface area contributed by atoms with E-state index < -0.39 is 34.8 Å². The van der Waals surface area contributed by atoms with Crippen LogP contribution in [0.1, 0.15) is 37.3 Å². The molecule has 38 heavy (non-hydrogen) atoms. The number of imide groups is 1. The summed E-state index contributed by atoms with van der Waals surface area (Å²) in [5.74, 6) is 2.56. The highest BCUT2D eigenvalue weighted by Crippen LogP contribution is 2.37. The van der Waals surface area contributed by atoms with Gasteiger partial charge in [-0.2, -0.15) is 0 Å². The van der Waals surface area contributed by atoms with Gasteiger partial charge < -0.3 is 20.9 Å². The van der Waals surface area contributed by atoms with E-state index in [2.05, 4.69) is 22.5 Å². The number of carbonyl (C=O) groups excluding carboxylic acids is 3. The Bertz CT molecular complexity index is 1280. The van der Waals surface area contributed by atoms with Crippen molar-refractivity contribution in [3.05, 3.63) is 77.0 Å². The van der Waals surface area contributed by atoms with Crippen molar-refractivity contribution in [2.75, 3.05) is 25.0 Å². The number of nitrogens with one attached hydrogen (secondary N) is 3. The van der Waals surface area contributed by atoms with E-state index in [1.807, 2.05) is 6.07 Å². The van der Waals surface area contributed by atoms with E-state index in [9.17, 15) is 14.4 Å². The van der Waals surface area contributed by atoms with Crippen LogP contribution in [-0.4, -0.2) is 55.1 Å². The molecule has 0 spiro atoms. The molecule has 0 saturated carbocycles. The van der Waals surface area contributed by atoms with Crippen molar-refractivity contribution in [1.29, 1.82) is 5.41 Å². The van der Waals surface area contributed by atoms with Gasteiger partial charge >= 0.3 is 6.03 Å². The van der Waals surface area contributed by atoms with Crippen molar-refractivity contribution in [3.8, 4) is 11.8 Å². The monoisotopic (exact) mass is 521 g/mol.